The maximum atomic E-state index is 13.0. The molecule has 136 valence electrons. The number of phosphoric ester groups is 1. The lowest BCUT2D eigenvalue weighted by Crippen LogP contribution is -2.41. The molecule has 0 bridgehead atoms. The van der Waals surface area contributed by atoms with E-state index in [-0.39, 0.29) is 0 Å². The van der Waals surface area contributed by atoms with Gasteiger partial charge in [-0.05, 0) is 62.3 Å². The minimum Gasteiger partial charge on any atom is -0.298 e. The summed E-state index contributed by atoms with van der Waals surface area (Å²) in [6, 6.07) is 0. The Bertz CT molecular complexity index is 554. The van der Waals surface area contributed by atoms with Gasteiger partial charge >= 0.3 is 15.4 Å². The Morgan fingerprint density at radius 3 is 1.35 bits per heavy atom. The summed E-state index contributed by atoms with van der Waals surface area (Å²) in [5.41, 5.74) is -3.17. The lowest BCUT2D eigenvalue weighted by molar-refractivity contribution is 0.00578. The highest BCUT2D eigenvalue weighted by Gasteiger charge is 2.62. The Morgan fingerprint density at radius 2 is 1.00 bits per heavy atom. The van der Waals surface area contributed by atoms with E-state index in [2.05, 4.69) is 0 Å². The average Bonchev–Trinajstić information content (AvgIpc) is 2.49. The smallest absolute Gasteiger partial charge is 0.298 e. The first-order chi connectivity index (χ1) is 9.96. The zero-order chi connectivity index (χ0) is 18.1. The maximum Gasteiger partial charge on any atom is 0.476 e. The van der Waals surface area contributed by atoms with Crippen molar-refractivity contribution in [2.45, 2.75) is 90.6 Å². The zero-order valence-corrected chi connectivity index (χ0v) is 17.1. The van der Waals surface area contributed by atoms with Gasteiger partial charge in [-0.1, -0.05) is 0 Å². The number of rotatable bonds is 3. The first-order valence-electron chi connectivity index (χ1n) is 7.67. The number of phosphoric acid groups is 1. The number of hydrogen-bond donors (Lipinski definition) is 0. The second-order valence-corrected chi connectivity index (χ2v) is 11.7. The van der Waals surface area contributed by atoms with Crippen LogP contribution >= 0.6 is 15.4 Å². The van der Waals surface area contributed by atoms with Gasteiger partial charge in [-0.3, -0.25) is 27.2 Å². The molecule has 2 saturated heterocycles. The molecule has 0 amide bonds. The summed E-state index contributed by atoms with van der Waals surface area (Å²) in [6.07, 6.45) is 0. The van der Waals surface area contributed by atoms with Crippen molar-refractivity contribution >= 4 is 15.4 Å². The van der Waals surface area contributed by atoms with Crippen LogP contribution in [0.1, 0.15) is 62.3 Å². The summed E-state index contributed by atoms with van der Waals surface area (Å²) in [6.45, 7) is 15.7. The second kappa shape index (κ2) is 5.14. The van der Waals surface area contributed by atoms with Crippen LogP contribution in [0.5, 0.6) is 0 Å². The Hall–Kier alpha value is 0.260. The fourth-order valence-corrected chi connectivity index (χ4v) is 7.02. The minimum absolute atomic E-state index is 0.773. The molecular formula is C14H28O7P2. The molecule has 2 heterocycles. The van der Waals surface area contributed by atoms with E-state index in [4.69, 9.17) is 22.6 Å². The van der Waals surface area contributed by atoms with Crippen LogP contribution in [0.25, 0.3) is 0 Å². The Morgan fingerprint density at radius 1 is 0.696 bits per heavy atom. The van der Waals surface area contributed by atoms with Crippen LogP contribution in [0.3, 0.4) is 0 Å². The molecule has 0 radical (unpaired) electrons. The second-order valence-electron chi connectivity index (χ2n) is 8.10. The third-order valence-electron chi connectivity index (χ3n) is 5.02. The Kier molecular flexibility index (Phi) is 4.37. The molecule has 0 saturated carbocycles. The van der Waals surface area contributed by atoms with Gasteiger partial charge in [0, 0.05) is 0 Å². The van der Waals surface area contributed by atoms with Crippen molar-refractivity contribution in [3.8, 4) is 0 Å². The van der Waals surface area contributed by atoms with Crippen LogP contribution < -0.4 is 0 Å². The van der Waals surface area contributed by atoms with Gasteiger partial charge in [0.25, 0.3) is 0 Å². The topological polar surface area (TPSA) is 80.3 Å². The molecule has 0 N–H and O–H groups in total. The van der Waals surface area contributed by atoms with Crippen molar-refractivity contribution in [3.05, 3.63) is 0 Å². The predicted molar refractivity (Wildman–Crippen MR) is 86.4 cm³/mol. The quantitative estimate of drug-likeness (QED) is 0.656. The van der Waals surface area contributed by atoms with Crippen molar-refractivity contribution < 1.29 is 31.7 Å². The third kappa shape index (κ3) is 3.22. The van der Waals surface area contributed by atoms with Crippen LogP contribution in [-0.2, 0) is 31.7 Å². The summed E-state index contributed by atoms with van der Waals surface area (Å²) in [5.74, 6) is -1.08. The van der Waals surface area contributed by atoms with E-state index < -0.39 is 43.7 Å². The van der Waals surface area contributed by atoms with Gasteiger partial charge in [0.1, 0.15) is 22.4 Å². The fraction of sp³-hybridized carbons (Fsp3) is 1.00. The predicted octanol–water partition coefficient (Wildman–Crippen LogP) is 4.86. The number of hydrogen-bond acceptors (Lipinski definition) is 7. The maximum absolute atomic E-state index is 13.0. The third-order valence-corrected chi connectivity index (χ3v) is 9.54. The van der Waals surface area contributed by atoms with E-state index in [9.17, 15) is 9.13 Å². The van der Waals surface area contributed by atoms with Crippen molar-refractivity contribution in [1.82, 2.24) is 0 Å². The first-order valence-corrected chi connectivity index (χ1v) is 10.7. The molecule has 0 aromatic carbocycles. The van der Waals surface area contributed by atoms with Crippen LogP contribution in [-0.4, -0.2) is 28.2 Å². The zero-order valence-electron chi connectivity index (χ0n) is 15.3. The van der Waals surface area contributed by atoms with Gasteiger partial charge in [0.15, 0.2) is 5.85 Å². The normalized spacial score (nSPS) is 33.4. The summed E-state index contributed by atoms with van der Waals surface area (Å²) in [4.78, 5) is 0. The fourth-order valence-electron chi connectivity index (χ4n) is 2.11. The van der Waals surface area contributed by atoms with E-state index in [1.165, 1.54) is 6.92 Å². The minimum atomic E-state index is -3.88. The summed E-state index contributed by atoms with van der Waals surface area (Å²) in [7, 11) is -7.52. The van der Waals surface area contributed by atoms with Crippen LogP contribution in [0.15, 0.2) is 0 Å². The monoisotopic (exact) mass is 370 g/mol. The van der Waals surface area contributed by atoms with Crippen molar-refractivity contribution in [2.75, 3.05) is 0 Å². The SMILES string of the molecule is CC(OP1(=O)OC(C)(C)C(C)(C)O1)P1(=O)OC(C)(C)C(C)(C)O1. The highest BCUT2D eigenvalue weighted by Crippen LogP contribution is 2.72. The Balaban J connectivity index is 2.20. The van der Waals surface area contributed by atoms with Gasteiger partial charge < -0.3 is 0 Å². The molecule has 2 aliphatic rings. The molecule has 9 heteroatoms. The van der Waals surface area contributed by atoms with Gasteiger partial charge in [-0.25, -0.2) is 4.57 Å². The molecule has 7 nitrogen and oxygen atoms in total. The van der Waals surface area contributed by atoms with Crippen LogP contribution in [0.4, 0.5) is 0 Å². The molecular weight excluding hydrogens is 342 g/mol. The molecule has 2 fully saturated rings. The standard InChI is InChI=1S/C14H28O7P2/c1-10(22(15)18-11(2,3)12(4,5)19-22)17-23(16)20-13(6,7)14(8,9)21-23/h10H,1-9H3. The van der Waals surface area contributed by atoms with E-state index in [1.54, 1.807) is 55.4 Å². The molecule has 2 aliphatic heterocycles. The van der Waals surface area contributed by atoms with Crippen LogP contribution in [0, 0.1) is 0 Å². The van der Waals surface area contributed by atoms with Crippen molar-refractivity contribution in [1.29, 1.82) is 0 Å². The average molecular weight is 370 g/mol. The molecule has 1 unspecified atom stereocenters. The van der Waals surface area contributed by atoms with Crippen molar-refractivity contribution in [3.63, 3.8) is 0 Å². The van der Waals surface area contributed by atoms with E-state index in [1.807, 2.05) is 0 Å². The molecule has 1 atom stereocenters. The van der Waals surface area contributed by atoms with E-state index in [0.717, 1.165) is 0 Å². The van der Waals surface area contributed by atoms with Crippen LogP contribution in [0.2, 0.25) is 0 Å². The molecule has 0 aromatic rings. The molecule has 0 aromatic heterocycles. The highest BCUT2D eigenvalue weighted by molar-refractivity contribution is 7.56. The summed E-state index contributed by atoms with van der Waals surface area (Å²) in [5, 5.41) is 0. The first kappa shape index (κ1) is 19.6. The van der Waals surface area contributed by atoms with Gasteiger partial charge in [-0.2, -0.15) is 0 Å². The molecule has 23 heavy (non-hydrogen) atoms. The van der Waals surface area contributed by atoms with Gasteiger partial charge in [-0.15, -0.1) is 0 Å². The van der Waals surface area contributed by atoms with Crippen molar-refractivity contribution in [2.24, 2.45) is 0 Å². The summed E-state index contributed by atoms with van der Waals surface area (Å²) < 4.78 is 53.5. The van der Waals surface area contributed by atoms with E-state index >= 15 is 0 Å². The Labute approximate surface area is 138 Å². The van der Waals surface area contributed by atoms with E-state index in [0.29, 0.717) is 0 Å². The van der Waals surface area contributed by atoms with Gasteiger partial charge in [0.05, 0.1) is 0 Å². The molecule has 0 spiro atoms. The lowest BCUT2D eigenvalue weighted by atomic mass is 9.90. The molecule has 2 rings (SSSR count). The lowest BCUT2D eigenvalue weighted by Gasteiger charge is -2.29. The molecule has 0 aliphatic carbocycles. The summed E-state index contributed by atoms with van der Waals surface area (Å²) >= 11 is 0. The largest absolute Gasteiger partial charge is 0.476 e. The highest BCUT2D eigenvalue weighted by atomic mass is 31.2. The van der Waals surface area contributed by atoms with Gasteiger partial charge in [0.2, 0.25) is 0 Å².